The number of nitrogens with one attached hydrogen (secondary N) is 3. The molecule has 21 heteroatoms. The lowest BCUT2D eigenvalue weighted by molar-refractivity contribution is -0.140. The molecule has 6 heterocycles. The number of alkyl halides is 2. The molecule has 1 atom stereocenters. The predicted molar refractivity (Wildman–Crippen MR) is 235 cm³/mol. The van der Waals surface area contributed by atoms with Crippen LogP contribution in [0.15, 0.2) is 42.6 Å². The van der Waals surface area contributed by atoms with Gasteiger partial charge in [0.2, 0.25) is 23.7 Å². The summed E-state index contributed by atoms with van der Waals surface area (Å²) in [6.45, 7) is 2.02. The first-order valence-corrected chi connectivity index (χ1v) is 22.4. The standard InChI is InChI=1S/C45H51F2N11O8/c1-53-33-24-48-44(51-38(33)57(28-6-3-4-7-28)25-45(46,47)43(53)65)49-30-11-10-27(23-34(30)66-2)39(61)52-56-20-18-55(19-21-56)36(60)22-26-14-16-54(17-15-26)31-9-5-8-29-37(31)42(64)58(41(29)63)32-12-13-35(59)50-40(32)62/h5,8-11,23-24,26,28,32H,3-4,6-7,12-22,25H2,1-2H3,(H,52,61)(H,48,49,51)(H,50,59,62). The number of piperazine rings is 1. The summed E-state index contributed by atoms with van der Waals surface area (Å²) in [6.07, 6.45) is 6.44. The molecule has 1 saturated carbocycles. The molecule has 0 bridgehead atoms. The number of ether oxygens (including phenoxy) is 1. The van der Waals surface area contributed by atoms with Gasteiger partial charge in [0, 0.05) is 70.8 Å². The highest BCUT2D eigenvalue weighted by Crippen LogP contribution is 2.41. The van der Waals surface area contributed by atoms with Gasteiger partial charge >= 0.3 is 5.92 Å². The lowest BCUT2D eigenvalue weighted by Gasteiger charge is -2.37. The molecule has 3 aromatic rings. The third-order valence-corrected chi connectivity index (χ3v) is 13.6. The molecule has 7 amide bonds. The van der Waals surface area contributed by atoms with Gasteiger partial charge in [-0.3, -0.25) is 49.2 Å². The lowest BCUT2D eigenvalue weighted by atomic mass is 9.92. The SMILES string of the molecule is COc1cc(C(=O)NN2CCN(C(=O)CC3CCN(c4cccc5c4C(=O)N(C4CCC(=O)NC4=O)C5=O)CC3)CC2)ccc1Nc1ncc2c(n1)N(C1CCCC1)CC(F)(F)C(=O)N2C. The molecule has 1 unspecified atom stereocenters. The largest absolute Gasteiger partial charge is 0.495 e. The van der Waals surface area contributed by atoms with Crippen molar-refractivity contribution in [3.05, 3.63) is 59.3 Å². The summed E-state index contributed by atoms with van der Waals surface area (Å²) in [5.41, 5.74) is 4.95. The van der Waals surface area contributed by atoms with Gasteiger partial charge in [-0.05, 0) is 68.4 Å². The van der Waals surface area contributed by atoms with Crippen molar-refractivity contribution in [2.45, 2.75) is 75.8 Å². The zero-order chi connectivity index (χ0) is 46.4. The summed E-state index contributed by atoms with van der Waals surface area (Å²) >= 11 is 0. The van der Waals surface area contributed by atoms with Crippen LogP contribution in [0.25, 0.3) is 0 Å². The number of hydrogen-bond acceptors (Lipinski definition) is 14. The summed E-state index contributed by atoms with van der Waals surface area (Å²) < 4.78 is 35.7. The van der Waals surface area contributed by atoms with Crippen molar-refractivity contribution in [3.63, 3.8) is 0 Å². The van der Waals surface area contributed by atoms with Crippen LogP contribution in [0.3, 0.4) is 0 Å². The zero-order valence-electron chi connectivity index (χ0n) is 36.7. The predicted octanol–water partition coefficient (Wildman–Crippen LogP) is 3.09. The van der Waals surface area contributed by atoms with Gasteiger partial charge < -0.3 is 29.7 Å². The molecule has 3 N–H and O–H groups in total. The highest BCUT2D eigenvalue weighted by atomic mass is 19.3. The number of nitrogens with zero attached hydrogens (tertiary/aromatic N) is 8. The second-order valence-corrected chi connectivity index (χ2v) is 17.7. The van der Waals surface area contributed by atoms with Crippen LogP contribution in [0.1, 0.15) is 88.9 Å². The van der Waals surface area contributed by atoms with Crippen molar-refractivity contribution in [1.29, 1.82) is 0 Å². The van der Waals surface area contributed by atoms with E-state index >= 15 is 8.78 Å². The topological polar surface area (TPSA) is 210 Å². The van der Waals surface area contributed by atoms with Gasteiger partial charge in [-0.25, -0.2) is 9.99 Å². The number of imide groups is 2. The van der Waals surface area contributed by atoms with Crippen LogP contribution >= 0.6 is 0 Å². The number of hydrogen-bond donors (Lipinski definition) is 3. The monoisotopic (exact) mass is 911 g/mol. The molecule has 348 valence electrons. The lowest BCUT2D eigenvalue weighted by Crippen LogP contribution is -2.55. The number of piperidine rings is 2. The molecule has 5 aliphatic heterocycles. The molecule has 0 spiro atoms. The van der Waals surface area contributed by atoms with E-state index in [1.807, 2.05) is 4.90 Å². The molecule has 66 heavy (non-hydrogen) atoms. The van der Waals surface area contributed by atoms with Gasteiger partial charge in [0.1, 0.15) is 17.5 Å². The van der Waals surface area contributed by atoms with E-state index in [-0.39, 0.29) is 65.2 Å². The number of hydrazine groups is 1. The molecular weight excluding hydrogens is 861 g/mol. The second-order valence-electron chi connectivity index (χ2n) is 17.7. The Balaban J connectivity index is 0.764. The molecule has 2 aromatic carbocycles. The first kappa shape index (κ1) is 44.4. The van der Waals surface area contributed by atoms with Crippen molar-refractivity contribution in [2.75, 3.05) is 80.0 Å². The smallest absolute Gasteiger partial charge is 0.342 e. The molecule has 9 rings (SSSR count). The Morgan fingerprint density at radius 1 is 0.909 bits per heavy atom. The van der Waals surface area contributed by atoms with E-state index in [4.69, 9.17) is 4.74 Å². The molecule has 19 nitrogen and oxygen atoms in total. The summed E-state index contributed by atoms with van der Waals surface area (Å²) in [7, 11) is 2.74. The maximum Gasteiger partial charge on any atom is 0.342 e. The van der Waals surface area contributed by atoms with Crippen LogP contribution < -0.4 is 35.5 Å². The van der Waals surface area contributed by atoms with Gasteiger partial charge in [-0.1, -0.05) is 18.9 Å². The Morgan fingerprint density at radius 2 is 1.65 bits per heavy atom. The Morgan fingerprint density at radius 3 is 2.36 bits per heavy atom. The van der Waals surface area contributed by atoms with E-state index in [1.165, 1.54) is 25.3 Å². The fourth-order valence-electron chi connectivity index (χ4n) is 9.95. The third kappa shape index (κ3) is 8.46. The average Bonchev–Trinajstić information content (AvgIpc) is 3.93. The Kier molecular flexibility index (Phi) is 12.0. The van der Waals surface area contributed by atoms with Crippen molar-refractivity contribution < 1.29 is 47.1 Å². The molecule has 3 saturated heterocycles. The van der Waals surface area contributed by atoms with Crippen LogP contribution in [0, 0.1) is 5.92 Å². The number of anilines is 5. The van der Waals surface area contributed by atoms with Crippen LogP contribution in [-0.2, 0) is 19.2 Å². The number of benzene rings is 2. The highest BCUT2D eigenvalue weighted by Gasteiger charge is 2.49. The quantitative estimate of drug-likeness (QED) is 0.250. The molecule has 1 aromatic heterocycles. The van der Waals surface area contributed by atoms with Crippen molar-refractivity contribution in [2.24, 2.45) is 5.92 Å². The van der Waals surface area contributed by atoms with Crippen LogP contribution in [0.2, 0.25) is 0 Å². The zero-order valence-corrected chi connectivity index (χ0v) is 36.7. The molecule has 4 fully saturated rings. The van der Waals surface area contributed by atoms with E-state index in [0.29, 0.717) is 94.1 Å². The van der Waals surface area contributed by atoms with Crippen LogP contribution in [0.4, 0.5) is 37.6 Å². The van der Waals surface area contributed by atoms with Gasteiger partial charge in [0.15, 0.2) is 5.82 Å². The second kappa shape index (κ2) is 17.9. The molecular formula is C45H51F2N11O8. The van der Waals surface area contributed by atoms with E-state index < -0.39 is 48.0 Å². The number of amides is 7. The normalized spacial score (nSPS) is 21.7. The summed E-state index contributed by atoms with van der Waals surface area (Å²) in [5.74, 6) is -6.71. The van der Waals surface area contributed by atoms with Gasteiger partial charge in [-0.2, -0.15) is 13.8 Å². The minimum atomic E-state index is -3.60. The molecule has 1 aliphatic carbocycles. The average molecular weight is 912 g/mol. The van der Waals surface area contributed by atoms with Crippen LogP contribution in [-0.4, -0.2) is 144 Å². The van der Waals surface area contributed by atoms with Crippen molar-refractivity contribution in [3.8, 4) is 5.75 Å². The Labute approximate surface area is 378 Å². The number of rotatable bonds is 10. The molecule has 0 radical (unpaired) electrons. The number of methoxy groups -OCH3 is 1. The number of carbonyl (C=O) groups excluding carboxylic acids is 7. The fourth-order valence-corrected chi connectivity index (χ4v) is 9.95. The highest BCUT2D eigenvalue weighted by molar-refractivity contribution is 6.25. The number of carbonyl (C=O) groups is 7. The maximum absolute atomic E-state index is 15.1. The van der Waals surface area contributed by atoms with E-state index in [1.54, 1.807) is 46.3 Å². The Bertz CT molecular complexity index is 2490. The summed E-state index contributed by atoms with van der Waals surface area (Å²) in [6, 6.07) is 8.65. The van der Waals surface area contributed by atoms with Gasteiger partial charge in [0.05, 0.1) is 42.4 Å². The number of fused-ring (bicyclic) bond motifs is 2. The molecule has 6 aliphatic rings. The van der Waals surface area contributed by atoms with Gasteiger partial charge in [0.25, 0.3) is 23.6 Å². The van der Waals surface area contributed by atoms with Gasteiger partial charge in [-0.15, -0.1) is 0 Å². The fraction of sp³-hybridized carbons (Fsp3) is 0.489. The van der Waals surface area contributed by atoms with Crippen LogP contribution in [0.5, 0.6) is 5.75 Å². The minimum Gasteiger partial charge on any atom is -0.495 e. The van der Waals surface area contributed by atoms with Crippen molar-refractivity contribution in [1.82, 2.24) is 35.5 Å². The van der Waals surface area contributed by atoms with E-state index in [9.17, 15) is 33.6 Å². The van der Waals surface area contributed by atoms with Crippen molar-refractivity contribution >= 4 is 70.2 Å². The Hall–Kier alpha value is -6.77. The maximum atomic E-state index is 15.1. The van der Waals surface area contributed by atoms with E-state index in [0.717, 1.165) is 22.6 Å². The third-order valence-electron chi connectivity index (χ3n) is 13.6. The minimum absolute atomic E-state index is 0.0247. The summed E-state index contributed by atoms with van der Waals surface area (Å²) in [5, 5.41) is 7.08. The first-order chi connectivity index (χ1) is 31.7. The first-order valence-electron chi connectivity index (χ1n) is 22.4. The number of aromatic nitrogens is 2. The summed E-state index contributed by atoms with van der Waals surface area (Å²) in [4.78, 5) is 107. The number of halogens is 2. The van der Waals surface area contributed by atoms with E-state index in [2.05, 4.69) is 26.0 Å².